The van der Waals surface area contributed by atoms with Gasteiger partial charge in [-0.25, -0.2) is 18.1 Å². The quantitative estimate of drug-likeness (QED) is 0.743. The van der Waals surface area contributed by atoms with Gasteiger partial charge in [-0.15, -0.1) is 0 Å². The van der Waals surface area contributed by atoms with E-state index in [1.54, 1.807) is 17.7 Å². The normalized spacial score (nSPS) is 13.3. The summed E-state index contributed by atoms with van der Waals surface area (Å²) in [5.41, 5.74) is 0.687. The molecular weight excluding hydrogens is 314 g/mol. The SMILES string of the molecule is Cn1cnc(S(=O)(=O)NC[C@@H](O)c2cccc3ccccc23)c1. The molecule has 2 aromatic carbocycles. The summed E-state index contributed by atoms with van der Waals surface area (Å²) in [7, 11) is -2.05. The van der Waals surface area contributed by atoms with Gasteiger partial charge >= 0.3 is 0 Å². The molecule has 2 N–H and O–H groups in total. The minimum absolute atomic E-state index is 0.0647. The van der Waals surface area contributed by atoms with Crippen molar-refractivity contribution in [3.8, 4) is 0 Å². The van der Waals surface area contributed by atoms with E-state index < -0.39 is 16.1 Å². The zero-order valence-electron chi connectivity index (χ0n) is 12.5. The highest BCUT2D eigenvalue weighted by Crippen LogP contribution is 2.24. The van der Waals surface area contributed by atoms with Crippen molar-refractivity contribution in [1.82, 2.24) is 14.3 Å². The zero-order valence-corrected chi connectivity index (χ0v) is 13.4. The second-order valence-electron chi connectivity index (χ2n) is 5.31. The second-order valence-corrected chi connectivity index (χ2v) is 7.03. The van der Waals surface area contributed by atoms with Gasteiger partial charge in [0.1, 0.15) is 0 Å². The number of aromatic nitrogens is 2. The topological polar surface area (TPSA) is 84.2 Å². The van der Waals surface area contributed by atoms with Gasteiger partial charge in [0.05, 0.1) is 12.4 Å². The fraction of sp³-hybridized carbons (Fsp3) is 0.188. The van der Waals surface area contributed by atoms with Crippen LogP contribution in [-0.4, -0.2) is 29.6 Å². The smallest absolute Gasteiger partial charge is 0.259 e. The summed E-state index contributed by atoms with van der Waals surface area (Å²) >= 11 is 0. The molecule has 6 nitrogen and oxygen atoms in total. The van der Waals surface area contributed by atoms with Gasteiger partial charge in [0.25, 0.3) is 10.0 Å². The van der Waals surface area contributed by atoms with Gasteiger partial charge in [0.15, 0.2) is 5.03 Å². The van der Waals surface area contributed by atoms with E-state index in [2.05, 4.69) is 9.71 Å². The van der Waals surface area contributed by atoms with Gasteiger partial charge in [0, 0.05) is 19.8 Å². The van der Waals surface area contributed by atoms with E-state index in [4.69, 9.17) is 0 Å². The number of hydrogen-bond acceptors (Lipinski definition) is 4. The van der Waals surface area contributed by atoms with Crippen LogP contribution < -0.4 is 4.72 Å². The van der Waals surface area contributed by atoms with Crippen LogP contribution in [0.4, 0.5) is 0 Å². The van der Waals surface area contributed by atoms with Crippen LogP contribution in [0.2, 0.25) is 0 Å². The molecule has 0 bridgehead atoms. The van der Waals surface area contributed by atoms with Crippen molar-refractivity contribution in [2.45, 2.75) is 11.1 Å². The molecule has 0 aliphatic carbocycles. The van der Waals surface area contributed by atoms with E-state index in [0.717, 1.165) is 10.8 Å². The highest BCUT2D eigenvalue weighted by Gasteiger charge is 2.19. The molecule has 0 aliphatic rings. The maximum absolute atomic E-state index is 12.1. The van der Waals surface area contributed by atoms with E-state index >= 15 is 0 Å². The van der Waals surface area contributed by atoms with Gasteiger partial charge in [-0.3, -0.25) is 0 Å². The number of hydrogen-bond donors (Lipinski definition) is 2. The first-order chi connectivity index (χ1) is 11.0. The third-order valence-corrected chi connectivity index (χ3v) is 4.91. The van der Waals surface area contributed by atoms with Crippen LogP contribution in [0.1, 0.15) is 11.7 Å². The van der Waals surface area contributed by atoms with Crippen LogP contribution in [0, 0.1) is 0 Å². The molecule has 120 valence electrons. The van der Waals surface area contributed by atoms with E-state index in [0.29, 0.717) is 5.56 Å². The van der Waals surface area contributed by atoms with Crippen molar-refractivity contribution in [3.63, 3.8) is 0 Å². The van der Waals surface area contributed by atoms with Gasteiger partial charge in [-0.05, 0) is 16.3 Å². The minimum atomic E-state index is -3.74. The molecule has 0 saturated carbocycles. The van der Waals surface area contributed by atoms with Crippen molar-refractivity contribution >= 4 is 20.8 Å². The van der Waals surface area contributed by atoms with Crippen LogP contribution in [0.5, 0.6) is 0 Å². The van der Waals surface area contributed by atoms with Gasteiger partial charge in [-0.2, -0.15) is 0 Å². The number of sulfonamides is 1. The Bertz CT molecular complexity index is 929. The molecule has 0 saturated heterocycles. The van der Waals surface area contributed by atoms with E-state index in [9.17, 15) is 13.5 Å². The Morgan fingerprint density at radius 1 is 1.22 bits per heavy atom. The minimum Gasteiger partial charge on any atom is -0.387 e. The lowest BCUT2D eigenvalue weighted by molar-refractivity contribution is 0.183. The number of rotatable bonds is 5. The molecule has 1 heterocycles. The Morgan fingerprint density at radius 2 is 1.96 bits per heavy atom. The largest absolute Gasteiger partial charge is 0.387 e. The number of nitrogens with zero attached hydrogens (tertiary/aromatic N) is 2. The van der Waals surface area contributed by atoms with Crippen molar-refractivity contribution in [1.29, 1.82) is 0 Å². The fourth-order valence-corrected chi connectivity index (χ4v) is 3.46. The number of fused-ring (bicyclic) bond motifs is 1. The highest BCUT2D eigenvalue weighted by molar-refractivity contribution is 7.89. The Kier molecular flexibility index (Phi) is 4.16. The molecule has 23 heavy (non-hydrogen) atoms. The maximum Gasteiger partial charge on any atom is 0.259 e. The average molecular weight is 331 g/mol. The van der Waals surface area contributed by atoms with Gasteiger partial charge in [-0.1, -0.05) is 42.5 Å². The second kappa shape index (κ2) is 6.11. The third kappa shape index (κ3) is 3.26. The molecule has 3 aromatic rings. The van der Waals surface area contributed by atoms with Crippen molar-refractivity contribution in [2.24, 2.45) is 7.05 Å². The van der Waals surface area contributed by atoms with E-state index in [-0.39, 0.29) is 11.6 Å². The summed E-state index contributed by atoms with van der Waals surface area (Å²) in [6.07, 6.45) is 1.88. The molecule has 0 unspecified atom stereocenters. The number of aliphatic hydroxyl groups excluding tert-OH is 1. The standard InChI is InChI=1S/C16H17N3O3S/c1-19-10-16(17-11-19)23(21,22)18-9-15(20)14-8-4-6-12-5-2-3-7-13(12)14/h2-8,10-11,15,18,20H,9H2,1H3/t15-/m1/s1. The summed E-state index contributed by atoms with van der Waals surface area (Å²) in [5.74, 6) is 0. The van der Waals surface area contributed by atoms with E-state index in [1.165, 1.54) is 12.5 Å². The Labute approximate surface area is 134 Å². The number of aryl methyl sites for hydroxylation is 1. The first-order valence-electron chi connectivity index (χ1n) is 7.11. The molecule has 0 radical (unpaired) electrons. The van der Waals surface area contributed by atoms with Crippen molar-refractivity contribution < 1.29 is 13.5 Å². The van der Waals surface area contributed by atoms with Gasteiger partial charge < -0.3 is 9.67 Å². The maximum atomic E-state index is 12.1. The van der Waals surface area contributed by atoms with Crippen LogP contribution in [0.3, 0.4) is 0 Å². The van der Waals surface area contributed by atoms with Gasteiger partial charge in [0.2, 0.25) is 0 Å². The lowest BCUT2D eigenvalue weighted by Gasteiger charge is -2.14. The Balaban J connectivity index is 1.80. The number of aliphatic hydroxyl groups is 1. The molecule has 3 rings (SSSR count). The molecule has 0 aliphatic heterocycles. The monoisotopic (exact) mass is 331 g/mol. The zero-order chi connectivity index (χ0) is 16.4. The Morgan fingerprint density at radius 3 is 2.70 bits per heavy atom. The summed E-state index contributed by atoms with van der Waals surface area (Å²) in [6.45, 7) is -0.118. The molecule has 7 heteroatoms. The summed E-state index contributed by atoms with van der Waals surface area (Å²) in [6, 6.07) is 13.2. The summed E-state index contributed by atoms with van der Waals surface area (Å²) < 4.78 is 28.2. The Hall–Kier alpha value is -2.22. The summed E-state index contributed by atoms with van der Waals surface area (Å²) in [4.78, 5) is 3.82. The van der Waals surface area contributed by atoms with Crippen LogP contribution in [-0.2, 0) is 17.1 Å². The number of benzene rings is 2. The predicted molar refractivity (Wildman–Crippen MR) is 87.3 cm³/mol. The highest BCUT2D eigenvalue weighted by atomic mass is 32.2. The molecular formula is C16H17N3O3S. The first kappa shape index (κ1) is 15.7. The van der Waals surface area contributed by atoms with Crippen molar-refractivity contribution in [3.05, 3.63) is 60.6 Å². The predicted octanol–water partition coefficient (Wildman–Crippen LogP) is 1.59. The molecule has 0 amide bonds. The lowest BCUT2D eigenvalue weighted by Crippen LogP contribution is -2.28. The van der Waals surface area contributed by atoms with Crippen LogP contribution in [0.25, 0.3) is 10.8 Å². The molecule has 1 atom stereocenters. The first-order valence-corrected chi connectivity index (χ1v) is 8.59. The summed E-state index contributed by atoms with van der Waals surface area (Å²) in [5, 5.41) is 12.2. The number of imidazole rings is 1. The molecule has 1 aromatic heterocycles. The lowest BCUT2D eigenvalue weighted by atomic mass is 10.0. The van der Waals surface area contributed by atoms with Crippen LogP contribution in [0.15, 0.2) is 60.0 Å². The molecule has 0 fully saturated rings. The third-order valence-electron chi connectivity index (χ3n) is 3.61. The van der Waals surface area contributed by atoms with Crippen LogP contribution >= 0.6 is 0 Å². The van der Waals surface area contributed by atoms with E-state index in [1.807, 2.05) is 36.4 Å². The fourth-order valence-electron chi connectivity index (χ4n) is 2.44. The molecule has 0 spiro atoms. The number of nitrogens with one attached hydrogen (secondary N) is 1. The van der Waals surface area contributed by atoms with Crippen molar-refractivity contribution in [2.75, 3.05) is 6.54 Å². The average Bonchev–Trinajstić information content (AvgIpc) is 2.99.